The summed E-state index contributed by atoms with van der Waals surface area (Å²) in [7, 11) is 0. The van der Waals surface area contributed by atoms with Crippen molar-refractivity contribution in [2.45, 2.75) is 24.6 Å². The topological polar surface area (TPSA) is 29.1 Å². The quantitative estimate of drug-likeness (QED) is 0.796. The van der Waals surface area contributed by atoms with E-state index in [1.807, 2.05) is 18.2 Å². The van der Waals surface area contributed by atoms with Gasteiger partial charge in [0.1, 0.15) is 5.82 Å². The van der Waals surface area contributed by atoms with E-state index in [9.17, 15) is 9.18 Å². The molecule has 2 aromatic carbocycles. The molecule has 0 bridgehead atoms. The first kappa shape index (κ1) is 14.3. The zero-order valence-corrected chi connectivity index (χ0v) is 13.2. The van der Waals surface area contributed by atoms with Crippen LogP contribution in [0.5, 0.6) is 0 Å². The van der Waals surface area contributed by atoms with Gasteiger partial charge in [-0.15, -0.1) is 0 Å². The van der Waals surface area contributed by atoms with Crippen LogP contribution in [0.4, 0.5) is 10.1 Å². The fraction of sp³-hybridized carbons (Fsp3) is 0.235. The number of fused-ring (bicyclic) bond motifs is 1. The lowest BCUT2D eigenvalue weighted by Gasteiger charge is -2.19. The third-order valence-electron chi connectivity index (χ3n) is 3.81. The van der Waals surface area contributed by atoms with Crippen LogP contribution in [0.15, 0.2) is 36.4 Å². The van der Waals surface area contributed by atoms with Gasteiger partial charge in [-0.05, 0) is 47.7 Å². The van der Waals surface area contributed by atoms with Gasteiger partial charge in [0.15, 0.2) is 0 Å². The highest BCUT2D eigenvalue weighted by Crippen LogP contribution is 2.34. The van der Waals surface area contributed by atoms with Gasteiger partial charge in [-0.2, -0.15) is 0 Å². The molecule has 0 saturated heterocycles. The molecule has 0 radical (unpaired) electrons. The molecule has 3 rings (SSSR count). The first-order valence-corrected chi connectivity index (χ1v) is 7.79. The summed E-state index contributed by atoms with van der Waals surface area (Å²) in [5.74, 6) is -0.131. The number of benzene rings is 2. The highest BCUT2D eigenvalue weighted by molar-refractivity contribution is 9.09. The molecule has 108 valence electrons. The molecule has 21 heavy (non-hydrogen) atoms. The van der Waals surface area contributed by atoms with E-state index in [1.165, 1.54) is 0 Å². The smallest absolute Gasteiger partial charge is 0.224 e. The Kier molecular flexibility index (Phi) is 3.81. The molecule has 0 saturated carbocycles. The van der Waals surface area contributed by atoms with Crippen LogP contribution in [0.2, 0.25) is 0 Å². The van der Waals surface area contributed by atoms with Crippen molar-refractivity contribution >= 4 is 27.5 Å². The van der Waals surface area contributed by atoms with E-state index in [1.54, 1.807) is 19.1 Å². The second-order valence-electron chi connectivity index (χ2n) is 5.34. The number of carbonyl (C=O) groups excluding carboxylic acids is 1. The van der Waals surface area contributed by atoms with Gasteiger partial charge in [0, 0.05) is 12.1 Å². The highest BCUT2D eigenvalue weighted by Gasteiger charge is 2.18. The largest absolute Gasteiger partial charge is 0.326 e. The van der Waals surface area contributed by atoms with Crippen LogP contribution in [0.25, 0.3) is 0 Å². The van der Waals surface area contributed by atoms with Crippen LogP contribution in [0.3, 0.4) is 0 Å². The Morgan fingerprint density at radius 3 is 2.62 bits per heavy atom. The lowest BCUT2D eigenvalue weighted by molar-refractivity contribution is -0.116. The molecule has 1 heterocycles. The van der Waals surface area contributed by atoms with Gasteiger partial charge in [0.2, 0.25) is 5.91 Å². The molecular formula is C17H15BrFNO. The van der Waals surface area contributed by atoms with E-state index in [2.05, 4.69) is 27.3 Å². The number of hydrogen-bond donors (Lipinski definition) is 1. The second kappa shape index (κ2) is 5.60. The summed E-state index contributed by atoms with van der Waals surface area (Å²) in [6.45, 7) is 1.75. The van der Waals surface area contributed by atoms with Crippen LogP contribution in [-0.4, -0.2) is 5.91 Å². The predicted molar refractivity (Wildman–Crippen MR) is 85.3 cm³/mol. The normalized spacial score (nSPS) is 15.3. The van der Waals surface area contributed by atoms with Crippen molar-refractivity contribution in [1.29, 1.82) is 0 Å². The van der Waals surface area contributed by atoms with E-state index < -0.39 is 0 Å². The van der Waals surface area contributed by atoms with E-state index >= 15 is 0 Å². The third-order valence-corrected chi connectivity index (χ3v) is 4.86. The van der Waals surface area contributed by atoms with Crippen molar-refractivity contribution in [3.63, 3.8) is 0 Å². The zero-order chi connectivity index (χ0) is 15.0. The van der Waals surface area contributed by atoms with E-state index in [0.29, 0.717) is 12.0 Å². The monoisotopic (exact) mass is 347 g/mol. The van der Waals surface area contributed by atoms with Gasteiger partial charge in [0.25, 0.3) is 0 Å². The molecule has 1 aliphatic heterocycles. The maximum Gasteiger partial charge on any atom is 0.224 e. The molecule has 4 heteroatoms. The van der Waals surface area contributed by atoms with Gasteiger partial charge in [-0.1, -0.05) is 40.2 Å². The zero-order valence-electron chi connectivity index (χ0n) is 11.6. The molecule has 1 aliphatic rings. The molecule has 1 atom stereocenters. The minimum Gasteiger partial charge on any atom is -0.326 e. The van der Waals surface area contributed by atoms with Crippen molar-refractivity contribution in [2.75, 3.05) is 5.32 Å². The van der Waals surface area contributed by atoms with Crippen molar-refractivity contribution in [1.82, 2.24) is 0 Å². The fourth-order valence-electron chi connectivity index (χ4n) is 2.52. The number of alkyl halides is 1. The molecule has 0 spiro atoms. The van der Waals surface area contributed by atoms with Crippen molar-refractivity contribution in [3.8, 4) is 0 Å². The maximum absolute atomic E-state index is 13.7. The van der Waals surface area contributed by atoms with Gasteiger partial charge >= 0.3 is 0 Å². The summed E-state index contributed by atoms with van der Waals surface area (Å²) in [4.78, 5) is 11.3. The Hall–Kier alpha value is -1.68. The molecule has 1 amide bonds. The average molecular weight is 348 g/mol. The van der Waals surface area contributed by atoms with E-state index in [-0.39, 0.29) is 16.6 Å². The molecule has 0 aliphatic carbocycles. The summed E-state index contributed by atoms with van der Waals surface area (Å²) in [5, 5.41) is 2.87. The number of amides is 1. The molecule has 1 N–H and O–H groups in total. The number of carbonyl (C=O) groups is 1. The number of halogens is 2. The summed E-state index contributed by atoms with van der Waals surface area (Å²) in [6, 6.07) is 11.2. The summed E-state index contributed by atoms with van der Waals surface area (Å²) < 4.78 is 13.7. The van der Waals surface area contributed by atoms with Gasteiger partial charge < -0.3 is 5.32 Å². The Morgan fingerprint density at radius 2 is 1.86 bits per heavy atom. The van der Waals surface area contributed by atoms with Crippen LogP contribution in [0.1, 0.15) is 33.5 Å². The average Bonchev–Trinajstić information content (AvgIpc) is 2.49. The van der Waals surface area contributed by atoms with Gasteiger partial charge in [0.05, 0.1) is 4.83 Å². The third kappa shape index (κ3) is 2.86. The van der Waals surface area contributed by atoms with Crippen molar-refractivity contribution in [2.24, 2.45) is 0 Å². The number of anilines is 1. The Bertz CT molecular complexity index is 714. The van der Waals surface area contributed by atoms with E-state index in [4.69, 9.17) is 0 Å². The minimum atomic E-state index is -0.192. The van der Waals surface area contributed by atoms with Gasteiger partial charge in [-0.25, -0.2) is 4.39 Å². The molecular weight excluding hydrogens is 333 g/mol. The predicted octanol–water partition coefficient (Wildman–Crippen LogP) is 4.50. The number of rotatable bonds is 2. The van der Waals surface area contributed by atoms with Crippen LogP contribution < -0.4 is 5.32 Å². The lowest BCUT2D eigenvalue weighted by Crippen LogP contribution is -2.19. The number of hydrogen-bond acceptors (Lipinski definition) is 1. The summed E-state index contributed by atoms with van der Waals surface area (Å²) >= 11 is 3.64. The van der Waals surface area contributed by atoms with Crippen molar-refractivity contribution in [3.05, 3.63) is 64.5 Å². The van der Waals surface area contributed by atoms with Crippen molar-refractivity contribution < 1.29 is 9.18 Å². The standard InChI is InChI=1S/C17H15BrFNO/c1-10-2-3-13(9-14(10)19)17(18)12-4-6-15-11(8-12)5-7-16(21)20-15/h2-4,6,8-9,17H,5,7H2,1H3,(H,20,21). The molecule has 0 aromatic heterocycles. The van der Waals surface area contributed by atoms with Crippen LogP contribution >= 0.6 is 15.9 Å². The van der Waals surface area contributed by atoms with E-state index in [0.717, 1.165) is 28.8 Å². The number of aryl methyl sites for hydroxylation is 2. The number of nitrogens with one attached hydrogen (secondary N) is 1. The van der Waals surface area contributed by atoms with Crippen LogP contribution in [0, 0.1) is 12.7 Å². The summed E-state index contributed by atoms with van der Waals surface area (Å²) in [5.41, 5.74) is 4.60. The first-order valence-electron chi connectivity index (χ1n) is 6.87. The minimum absolute atomic E-state index is 0.0597. The summed E-state index contributed by atoms with van der Waals surface area (Å²) in [6.07, 6.45) is 1.26. The Morgan fingerprint density at radius 1 is 1.14 bits per heavy atom. The molecule has 1 unspecified atom stereocenters. The maximum atomic E-state index is 13.7. The highest BCUT2D eigenvalue weighted by atomic mass is 79.9. The first-order chi connectivity index (χ1) is 10.0. The Labute approximate surface area is 131 Å². The Balaban J connectivity index is 1.93. The molecule has 0 fully saturated rings. The SMILES string of the molecule is Cc1ccc(C(Br)c2ccc3c(c2)CCC(=O)N3)cc1F. The van der Waals surface area contributed by atoms with Gasteiger partial charge in [-0.3, -0.25) is 4.79 Å². The fourth-order valence-corrected chi connectivity index (χ4v) is 3.09. The molecule has 2 aromatic rings. The molecule has 2 nitrogen and oxygen atoms in total. The lowest BCUT2D eigenvalue weighted by atomic mass is 9.97. The van der Waals surface area contributed by atoms with Crippen LogP contribution in [-0.2, 0) is 11.2 Å². The second-order valence-corrected chi connectivity index (χ2v) is 6.25.